The normalized spacial score (nSPS) is 19.9. The number of nitro groups is 1. The highest BCUT2D eigenvalue weighted by molar-refractivity contribution is 7.92. The number of hydrogen-bond donors (Lipinski definition) is 0. The van der Waals surface area contributed by atoms with Gasteiger partial charge in [0.2, 0.25) is 0 Å². The highest BCUT2D eigenvalue weighted by Gasteiger charge is 2.34. The van der Waals surface area contributed by atoms with E-state index in [-0.39, 0.29) is 33.1 Å². The van der Waals surface area contributed by atoms with Crippen LogP contribution in [0, 0.1) is 10.1 Å². The minimum atomic E-state index is -3.95. The van der Waals surface area contributed by atoms with Crippen molar-refractivity contribution in [1.82, 2.24) is 4.31 Å². The molecule has 2 rings (SSSR count). The predicted octanol–water partition coefficient (Wildman–Crippen LogP) is 0.729. The Kier molecular flexibility index (Phi) is 4.08. The first-order valence-corrected chi connectivity index (χ1v) is 9.73. The summed E-state index contributed by atoms with van der Waals surface area (Å²) in [7, 11) is -7.16. The molecule has 0 aromatic carbocycles. The van der Waals surface area contributed by atoms with Crippen LogP contribution in [-0.4, -0.2) is 50.7 Å². The summed E-state index contributed by atoms with van der Waals surface area (Å²) in [6, 6.07) is 0.894. The molecular weight excluding hydrogens is 352 g/mol. The van der Waals surface area contributed by atoms with Gasteiger partial charge < -0.3 is 0 Å². The van der Waals surface area contributed by atoms with Crippen LogP contribution in [0.5, 0.6) is 0 Å². The van der Waals surface area contributed by atoms with Crippen LogP contribution in [0.4, 0.5) is 5.69 Å². The Morgan fingerprint density at radius 2 is 1.90 bits per heavy atom. The van der Waals surface area contributed by atoms with Gasteiger partial charge in [-0.25, -0.2) is 16.8 Å². The summed E-state index contributed by atoms with van der Waals surface area (Å²) in [6.07, 6.45) is 0. The molecule has 12 heteroatoms. The van der Waals surface area contributed by atoms with Crippen molar-refractivity contribution in [2.45, 2.75) is 4.21 Å². The topological polar surface area (TPSA) is 115 Å². The molecule has 0 bridgehead atoms. The zero-order chi connectivity index (χ0) is 15.1. The highest BCUT2D eigenvalue weighted by atomic mass is 35.5. The zero-order valence-corrected chi connectivity index (χ0v) is 13.1. The van der Waals surface area contributed by atoms with E-state index in [1.165, 1.54) is 0 Å². The standard InChI is InChI=1S/C8H9ClN2O6S3/c9-8-6(11(12)13)5-7(18-8)20(16,17)10-1-3-19(14,15)4-2-10/h5H,1-4H2. The maximum atomic E-state index is 12.2. The smallest absolute Gasteiger partial charge is 0.258 e. The first-order valence-electron chi connectivity index (χ1n) is 5.28. The van der Waals surface area contributed by atoms with Crippen molar-refractivity contribution < 1.29 is 21.8 Å². The van der Waals surface area contributed by atoms with Gasteiger partial charge in [0.15, 0.2) is 14.2 Å². The van der Waals surface area contributed by atoms with Crippen LogP contribution in [0.3, 0.4) is 0 Å². The minimum absolute atomic E-state index is 0.159. The fourth-order valence-corrected chi connectivity index (χ4v) is 6.35. The summed E-state index contributed by atoms with van der Waals surface area (Å²) in [5, 5.41) is 10.7. The maximum Gasteiger partial charge on any atom is 0.300 e. The molecule has 0 saturated carbocycles. The lowest BCUT2D eigenvalue weighted by atomic mass is 10.6. The summed E-state index contributed by atoms with van der Waals surface area (Å²) in [5.41, 5.74) is -0.472. The maximum absolute atomic E-state index is 12.2. The number of hydrogen-bond acceptors (Lipinski definition) is 7. The average molecular weight is 361 g/mol. The summed E-state index contributed by atoms with van der Waals surface area (Å²) in [6.45, 7) is -0.317. The fraction of sp³-hybridized carbons (Fsp3) is 0.500. The van der Waals surface area contributed by atoms with E-state index in [4.69, 9.17) is 11.6 Å². The summed E-state index contributed by atoms with van der Waals surface area (Å²) >= 11 is 6.22. The van der Waals surface area contributed by atoms with Gasteiger partial charge in [0.1, 0.15) is 4.21 Å². The summed E-state index contributed by atoms with van der Waals surface area (Å²) in [4.78, 5) is 9.90. The molecule has 0 unspecified atom stereocenters. The van der Waals surface area contributed by atoms with Crippen molar-refractivity contribution in [1.29, 1.82) is 0 Å². The number of sulfonamides is 1. The minimum Gasteiger partial charge on any atom is -0.258 e. The molecule has 1 saturated heterocycles. The monoisotopic (exact) mass is 360 g/mol. The molecule has 8 nitrogen and oxygen atoms in total. The van der Waals surface area contributed by atoms with Gasteiger partial charge in [-0.2, -0.15) is 4.31 Å². The van der Waals surface area contributed by atoms with Crippen molar-refractivity contribution in [3.8, 4) is 0 Å². The molecule has 0 amide bonds. The lowest BCUT2D eigenvalue weighted by Crippen LogP contribution is -2.43. The van der Waals surface area contributed by atoms with E-state index in [0.717, 1.165) is 10.4 Å². The molecule has 0 radical (unpaired) electrons. The van der Waals surface area contributed by atoms with Gasteiger partial charge in [-0.05, 0) is 0 Å². The molecule has 0 atom stereocenters. The zero-order valence-electron chi connectivity index (χ0n) is 9.85. The van der Waals surface area contributed by atoms with Crippen molar-refractivity contribution in [2.24, 2.45) is 0 Å². The van der Waals surface area contributed by atoms with Gasteiger partial charge in [0.05, 0.1) is 16.4 Å². The number of halogens is 1. The van der Waals surface area contributed by atoms with E-state index in [2.05, 4.69) is 0 Å². The van der Waals surface area contributed by atoms with E-state index in [0.29, 0.717) is 11.3 Å². The Hall–Kier alpha value is -0.750. The van der Waals surface area contributed by atoms with Gasteiger partial charge in [0.25, 0.3) is 15.7 Å². The first kappa shape index (κ1) is 15.6. The van der Waals surface area contributed by atoms with Crippen molar-refractivity contribution in [2.75, 3.05) is 24.6 Å². The molecule has 20 heavy (non-hydrogen) atoms. The molecule has 1 aliphatic heterocycles. The van der Waals surface area contributed by atoms with Crippen LogP contribution >= 0.6 is 22.9 Å². The van der Waals surface area contributed by atoms with E-state index in [1.54, 1.807) is 0 Å². The number of thiophene rings is 1. The van der Waals surface area contributed by atoms with Gasteiger partial charge in [0, 0.05) is 19.2 Å². The molecule has 1 fully saturated rings. The van der Waals surface area contributed by atoms with Crippen LogP contribution in [0.2, 0.25) is 4.34 Å². The molecule has 0 N–H and O–H groups in total. The predicted molar refractivity (Wildman–Crippen MR) is 73.4 cm³/mol. The van der Waals surface area contributed by atoms with E-state index in [1.807, 2.05) is 0 Å². The number of sulfone groups is 1. The van der Waals surface area contributed by atoms with E-state index >= 15 is 0 Å². The van der Waals surface area contributed by atoms with Gasteiger partial charge in [-0.15, -0.1) is 11.3 Å². The Balaban J connectivity index is 2.32. The second-order valence-corrected chi connectivity index (χ2v) is 10.2. The fourth-order valence-electron chi connectivity index (χ4n) is 1.65. The third kappa shape index (κ3) is 2.96. The summed E-state index contributed by atoms with van der Waals surface area (Å²) in [5.74, 6) is -0.513. The molecule has 0 aliphatic carbocycles. The number of nitrogens with zero attached hydrogens (tertiary/aromatic N) is 2. The largest absolute Gasteiger partial charge is 0.300 e. The lowest BCUT2D eigenvalue weighted by Gasteiger charge is -2.25. The third-order valence-electron chi connectivity index (χ3n) is 2.74. The van der Waals surface area contributed by atoms with Gasteiger partial charge >= 0.3 is 0 Å². The van der Waals surface area contributed by atoms with Crippen molar-refractivity contribution in [3.05, 3.63) is 20.5 Å². The van der Waals surface area contributed by atoms with Crippen LogP contribution < -0.4 is 0 Å². The van der Waals surface area contributed by atoms with Crippen molar-refractivity contribution in [3.63, 3.8) is 0 Å². The summed E-state index contributed by atoms with van der Waals surface area (Å²) < 4.78 is 47.6. The van der Waals surface area contributed by atoms with E-state index in [9.17, 15) is 26.9 Å². The van der Waals surface area contributed by atoms with E-state index < -0.39 is 30.5 Å². The highest BCUT2D eigenvalue weighted by Crippen LogP contribution is 2.37. The molecular formula is C8H9ClN2O6S3. The van der Waals surface area contributed by atoms with Crippen LogP contribution in [0.25, 0.3) is 0 Å². The SMILES string of the molecule is O=[N+]([O-])c1cc(S(=O)(=O)N2CCS(=O)(=O)CC2)sc1Cl. The Morgan fingerprint density at radius 3 is 2.35 bits per heavy atom. The van der Waals surface area contributed by atoms with Crippen molar-refractivity contribution >= 4 is 48.5 Å². The Labute approximate surface area is 124 Å². The van der Waals surface area contributed by atoms with Gasteiger partial charge in [-0.1, -0.05) is 11.6 Å². The second kappa shape index (κ2) is 5.22. The first-order chi connectivity index (χ1) is 9.13. The third-order valence-corrected chi connectivity index (χ3v) is 8.04. The van der Waals surface area contributed by atoms with Gasteiger partial charge in [-0.3, -0.25) is 10.1 Å². The average Bonchev–Trinajstić information content (AvgIpc) is 2.71. The molecule has 2 heterocycles. The molecule has 1 aromatic rings. The van der Waals surface area contributed by atoms with Crippen LogP contribution in [-0.2, 0) is 19.9 Å². The quantitative estimate of drug-likeness (QED) is 0.579. The Morgan fingerprint density at radius 1 is 1.35 bits per heavy atom. The Bertz CT molecular complexity index is 739. The molecule has 0 spiro atoms. The number of rotatable bonds is 3. The molecule has 112 valence electrons. The van der Waals surface area contributed by atoms with Crippen LogP contribution in [0.1, 0.15) is 0 Å². The molecule has 1 aromatic heterocycles. The van der Waals surface area contributed by atoms with Crippen LogP contribution in [0.15, 0.2) is 10.3 Å². The lowest BCUT2D eigenvalue weighted by molar-refractivity contribution is -0.384. The second-order valence-electron chi connectivity index (χ2n) is 4.04. The molecule has 1 aliphatic rings.